The molecule has 0 saturated heterocycles. The molecule has 0 radical (unpaired) electrons. The molecule has 2 rings (SSSR count). The van der Waals surface area contributed by atoms with Gasteiger partial charge in [0.15, 0.2) is 0 Å². The summed E-state index contributed by atoms with van der Waals surface area (Å²) in [7, 11) is 0. The van der Waals surface area contributed by atoms with E-state index in [9.17, 15) is 0 Å². The van der Waals surface area contributed by atoms with Gasteiger partial charge in [0.25, 0.3) is 0 Å². The summed E-state index contributed by atoms with van der Waals surface area (Å²) >= 11 is 0. The highest BCUT2D eigenvalue weighted by Crippen LogP contribution is 2.33. The van der Waals surface area contributed by atoms with E-state index >= 15 is 0 Å². The number of hydrogen-bond donors (Lipinski definition) is 0. The van der Waals surface area contributed by atoms with Gasteiger partial charge in [-0.15, -0.1) is 0 Å². The van der Waals surface area contributed by atoms with Crippen LogP contribution in [0.3, 0.4) is 0 Å². The molecule has 0 saturated carbocycles. The smallest absolute Gasteiger partial charge is 0.0466 e. The number of nitrogens with zero attached hydrogens (tertiary/aromatic N) is 1. The van der Waals surface area contributed by atoms with Crippen LogP contribution < -0.4 is 0 Å². The van der Waals surface area contributed by atoms with Crippen LogP contribution in [0.2, 0.25) is 0 Å². The highest BCUT2D eigenvalue weighted by molar-refractivity contribution is 5.39. The van der Waals surface area contributed by atoms with Gasteiger partial charge in [0.1, 0.15) is 0 Å². The average Bonchev–Trinajstić information content (AvgIpc) is 2.58. The molecule has 26 heavy (non-hydrogen) atoms. The Kier molecular flexibility index (Phi) is 7.03. The molecule has 1 heteroatoms. The number of hydrogen-bond acceptors (Lipinski definition) is 1. The molecule has 0 N–H and O–H groups in total. The summed E-state index contributed by atoms with van der Waals surface area (Å²) in [6.45, 7) is 18.4. The summed E-state index contributed by atoms with van der Waals surface area (Å²) in [6.07, 6.45) is 4.32. The Hall–Kier alpha value is -1.63. The largest absolute Gasteiger partial charge is 0.261 e. The number of aryl methyl sites for hydroxylation is 2. The molecule has 1 atom stereocenters. The number of rotatable bonds is 7. The number of pyridine rings is 1. The fraction of sp³-hybridized carbons (Fsp3) is 0.560. The maximum Gasteiger partial charge on any atom is 0.0466 e. The van der Waals surface area contributed by atoms with Gasteiger partial charge in [0, 0.05) is 11.9 Å². The zero-order valence-electron chi connectivity index (χ0n) is 18.1. The quantitative estimate of drug-likeness (QED) is 0.503. The normalized spacial score (nSPS) is 13.0. The molecule has 0 bridgehead atoms. The monoisotopic (exact) mass is 351 g/mol. The second-order valence-electron chi connectivity index (χ2n) is 8.75. The van der Waals surface area contributed by atoms with E-state index in [2.05, 4.69) is 79.7 Å². The van der Waals surface area contributed by atoms with Crippen LogP contribution in [0.25, 0.3) is 0 Å². The molecule has 1 nitrogen and oxygen atoms in total. The molecule has 0 aliphatic heterocycles. The van der Waals surface area contributed by atoms with E-state index in [4.69, 9.17) is 4.98 Å². The SMILES string of the molecule is Cc1cccc(C(C)CCc2ccnc(C(C)C)c2C(C)C)c1C(C)C. The lowest BCUT2D eigenvalue weighted by Gasteiger charge is -2.23. The van der Waals surface area contributed by atoms with E-state index in [1.165, 1.54) is 34.4 Å². The average molecular weight is 352 g/mol. The van der Waals surface area contributed by atoms with Crippen molar-refractivity contribution in [1.29, 1.82) is 0 Å². The van der Waals surface area contributed by atoms with Gasteiger partial charge in [0.05, 0.1) is 0 Å². The lowest BCUT2D eigenvalue weighted by molar-refractivity contribution is 0.651. The Morgan fingerprint density at radius 2 is 1.46 bits per heavy atom. The summed E-state index contributed by atoms with van der Waals surface area (Å²) in [4.78, 5) is 4.69. The third kappa shape index (κ3) is 4.55. The minimum atomic E-state index is 0.481. The topological polar surface area (TPSA) is 12.9 Å². The van der Waals surface area contributed by atoms with E-state index in [1.807, 2.05) is 6.20 Å². The molecule has 1 aromatic carbocycles. The first-order valence-electron chi connectivity index (χ1n) is 10.3. The molecule has 1 heterocycles. The van der Waals surface area contributed by atoms with Gasteiger partial charge in [-0.1, -0.05) is 66.7 Å². The van der Waals surface area contributed by atoms with Crippen LogP contribution in [0.5, 0.6) is 0 Å². The maximum absolute atomic E-state index is 4.69. The Labute approximate surface area is 161 Å². The van der Waals surface area contributed by atoms with E-state index in [1.54, 1.807) is 5.56 Å². The lowest BCUT2D eigenvalue weighted by atomic mass is 9.83. The fourth-order valence-corrected chi connectivity index (χ4v) is 4.33. The number of benzene rings is 1. The van der Waals surface area contributed by atoms with E-state index in [0.717, 1.165) is 6.42 Å². The fourth-order valence-electron chi connectivity index (χ4n) is 4.33. The first-order valence-corrected chi connectivity index (χ1v) is 10.3. The highest BCUT2D eigenvalue weighted by Gasteiger charge is 2.18. The van der Waals surface area contributed by atoms with Crippen LogP contribution in [0.15, 0.2) is 30.5 Å². The second-order valence-corrected chi connectivity index (χ2v) is 8.75. The van der Waals surface area contributed by atoms with Crippen molar-refractivity contribution in [3.8, 4) is 0 Å². The van der Waals surface area contributed by atoms with Gasteiger partial charge in [-0.3, -0.25) is 4.98 Å². The molecule has 2 aromatic rings. The zero-order chi connectivity index (χ0) is 19.4. The molecule has 142 valence electrons. The molecule has 0 fully saturated rings. The minimum absolute atomic E-state index is 0.481. The van der Waals surface area contributed by atoms with Crippen LogP contribution in [0.4, 0.5) is 0 Å². The van der Waals surface area contributed by atoms with Crippen molar-refractivity contribution in [3.05, 3.63) is 64.0 Å². The third-order valence-corrected chi connectivity index (χ3v) is 5.55. The second kappa shape index (κ2) is 8.84. The van der Waals surface area contributed by atoms with Crippen molar-refractivity contribution < 1.29 is 0 Å². The molecule has 0 amide bonds. The molecule has 0 aliphatic carbocycles. The van der Waals surface area contributed by atoms with Gasteiger partial charge in [-0.25, -0.2) is 0 Å². The van der Waals surface area contributed by atoms with Crippen LogP contribution in [-0.4, -0.2) is 4.98 Å². The Balaban J connectivity index is 2.27. The summed E-state index contributed by atoms with van der Waals surface area (Å²) in [5.74, 6) is 2.15. The van der Waals surface area contributed by atoms with Crippen LogP contribution in [0, 0.1) is 6.92 Å². The lowest BCUT2D eigenvalue weighted by Crippen LogP contribution is -2.09. The predicted octanol–water partition coefficient (Wildman–Crippen LogP) is 7.50. The van der Waals surface area contributed by atoms with Crippen LogP contribution in [-0.2, 0) is 6.42 Å². The third-order valence-electron chi connectivity index (χ3n) is 5.55. The molecule has 0 aliphatic rings. The first-order chi connectivity index (χ1) is 12.2. The van der Waals surface area contributed by atoms with Crippen LogP contribution in [0.1, 0.15) is 112 Å². The molecule has 0 spiro atoms. The Morgan fingerprint density at radius 3 is 2.04 bits per heavy atom. The van der Waals surface area contributed by atoms with Gasteiger partial charge in [0.2, 0.25) is 0 Å². The Bertz CT molecular complexity index is 725. The van der Waals surface area contributed by atoms with Crippen molar-refractivity contribution in [3.63, 3.8) is 0 Å². The standard InChI is InChI=1S/C25H37N/c1-16(2)23-20(8)10-9-11-22(23)19(7)12-13-21-14-15-26-25(18(5)6)24(21)17(3)4/h9-11,14-19H,12-13H2,1-8H3. The maximum atomic E-state index is 4.69. The van der Waals surface area contributed by atoms with Crippen molar-refractivity contribution in [2.45, 2.75) is 91.9 Å². The van der Waals surface area contributed by atoms with Gasteiger partial charge < -0.3 is 0 Å². The number of aromatic nitrogens is 1. The summed E-state index contributed by atoms with van der Waals surface area (Å²) in [6, 6.07) is 9.05. The van der Waals surface area contributed by atoms with Crippen molar-refractivity contribution in [2.24, 2.45) is 0 Å². The molecular formula is C25H37N. The van der Waals surface area contributed by atoms with Crippen molar-refractivity contribution in [1.82, 2.24) is 4.98 Å². The van der Waals surface area contributed by atoms with E-state index in [-0.39, 0.29) is 0 Å². The summed E-state index contributed by atoms with van der Waals surface area (Å²) in [5, 5.41) is 0. The van der Waals surface area contributed by atoms with Crippen molar-refractivity contribution >= 4 is 0 Å². The zero-order valence-corrected chi connectivity index (χ0v) is 18.1. The summed E-state index contributed by atoms with van der Waals surface area (Å²) < 4.78 is 0. The summed E-state index contributed by atoms with van der Waals surface area (Å²) in [5.41, 5.74) is 8.75. The van der Waals surface area contributed by atoms with Gasteiger partial charge in [-0.2, -0.15) is 0 Å². The Morgan fingerprint density at radius 1 is 0.808 bits per heavy atom. The van der Waals surface area contributed by atoms with Gasteiger partial charge in [-0.05, 0) is 77.3 Å². The highest BCUT2D eigenvalue weighted by atomic mass is 14.7. The molecule has 1 aromatic heterocycles. The van der Waals surface area contributed by atoms with Crippen LogP contribution >= 0.6 is 0 Å². The minimum Gasteiger partial charge on any atom is -0.261 e. The van der Waals surface area contributed by atoms with Gasteiger partial charge >= 0.3 is 0 Å². The van der Waals surface area contributed by atoms with Crippen molar-refractivity contribution in [2.75, 3.05) is 0 Å². The molecular weight excluding hydrogens is 314 g/mol. The first kappa shape index (κ1) is 20.7. The van der Waals surface area contributed by atoms with E-state index in [0.29, 0.717) is 23.7 Å². The predicted molar refractivity (Wildman–Crippen MR) is 114 cm³/mol. The van der Waals surface area contributed by atoms with E-state index < -0.39 is 0 Å². The molecule has 1 unspecified atom stereocenters.